The summed E-state index contributed by atoms with van der Waals surface area (Å²) in [7, 11) is -0.237. The summed E-state index contributed by atoms with van der Waals surface area (Å²) in [4.78, 5) is 0. The van der Waals surface area contributed by atoms with Crippen LogP contribution in [0.3, 0.4) is 0 Å². The van der Waals surface area contributed by atoms with Crippen LogP contribution in [-0.2, 0) is 0 Å². The Hall–Kier alpha value is -1.52. The van der Waals surface area contributed by atoms with E-state index in [4.69, 9.17) is 0 Å². The van der Waals surface area contributed by atoms with Crippen LogP contribution < -0.4 is 0 Å². The lowest BCUT2D eigenvalue weighted by molar-refractivity contribution is 1.76. The van der Waals surface area contributed by atoms with Crippen LogP contribution >= 0.6 is 7.53 Å². The second-order valence-corrected chi connectivity index (χ2v) is 5.62. The van der Waals surface area contributed by atoms with E-state index in [2.05, 4.69) is 66.5 Å². The quantitative estimate of drug-likeness (QED) is 0.540. The van der Waals surface area contributed by atoms with Crippen LogP contribution in [0.5, 0.6) is 0 Å². The largest absolute Gasteiger partial charge is 0.0853 e. The molecule has 0 aliphatic carbocycles. The van der Waals surface area contributed by atoms with Crippen molar-refractivity contribution >= 4 is 18.0 Å². The minimum atomic E-state index is -0.237. The van der Waals surface area contributed by atoms with E-state index in [-0.39, 0.29) is 7.53 Å². The van der Waals surface area contributed by atoms with Crippen molar-refractivity contribution in [3.8, 4) is 5.30 Å². The fourth-order valence-corrected chi connectivity index (χ4v) is 3.98. The molecule has 0 aliphatic rings. The normalized spacial score (nSPS) is 11.9. The molecule has 1 unspecified atom stereocenters. The third-order valence-corrected chi connectivity index (χ3v) is 4.86. The highest BCUT2D eigenvalue weighted by molar-refractivity contribution is 7.62. The molecule has 0 saturated carbocycles. The fraction of sp³-hybridized carbons (Fsp3) is 0. The van der Waals surface area contributed by atoms with E-state index in [1.807, 2.05) is 0 Å². The molecule has 0 radical (unpaired) electrons. The zero-order valence-electron chi connectivity index (χ0n) is 8.30. The van der Waals surface area contributed by atoms with Crippen LogP contribution in [0.1, 0.15) is 0 Å². The maximum absolute atomic E-state index is 2.34. The molecule has 3 aromatic rings. The lowest BCUT2D eigenvalue weighted by atomic mass is 10.3. The Bertz CT molecular complexity index is 578. The Morgan fingerprint density at radius 1 is 0.667 bits per heavy atom. The molecule has 72 valence electrons. The minimum absolute atomic E-state index is 0.237. The van der Waals surface area contributed by atoms with Crippen molar-refractivity contribution in [2.24, 2.45) is 0 Å². The van der Waals surface area contributed by atoms with Crippen molar-refractivity contribution < 1.29 is 0 Å². The summed E-state index contributed by atoms with van der Waals surface area (Å²) >= 11 is 0. The second kappa shape index (κ2) is 3.56. The van der Waals surface area contributed by atoms with E-state index in [0.717, 1.165) is 0 Å². The number of benzene rings is 2. The zero-order valence-corrected chi connectivity index (χ0v) is 9.19. The molecule has 0 nitrogen and oxygen atoms in total. The van der Waals surface area contributed by atoms with Crippen molar-refractivity contribution in [1.82, 2.24) is 0 Å². The molecule has 1 heteroatoms. The molecule has 3 rings (SSSR count). The summed E-state index contributed by atoms with van der Waals surface area (Å²) in [5.41, 5.74) is 0. The first-order valence-corrected chi connectivity index (χ1v) is 6.48. The fourth-order valence-electron chi connectivity index (χ4n) is 1.90. The second-order valence-electron chi connectivity index (χ2n) is 3.58. The van der Waals surface area contributed by atoms with Gasteiger partial charge in [0, 0.05) is 5.12 Å². The lowest BCUT2D eigenvalue weighted by Gasteiger charge is -2.00. The van der Waals surface area contributed by atoms with E-state index >= 15 is 0 Å². The van der Waals surface area contributed by atoms with Gasteiger partial charge in [-0.2, -0.15) is 0 Å². The van der Waals surface area contributed by atoms with Gasteiger partial charge in [-0.05, 0) is 22.6 Å². The maximum Gasteiger partial charge on any atom is 0.00563 e. The van der Waals surface area contributed by atoms with Crippen molar-refractivity contribution in [2.45, 2.75) is 0 Å². The molecule has 1 heterocycles. The summed E-state index contributed by atoms with van der Waals surface area (Å²) in [5, 5.41) is 4.31. The SMILES string of the molecule is c1ccc(-p2ccc3ccccc32)cc1. The van der Waals surface area contributed by atoms with Gasteiger partial charge in [-0.25, -0.2) is 0 Å². The van der Waals surface area contributed by atoms with Gasteiger partial charge in [0.05, 0.1) is 0 Å². The molecule has 0 N–H and O–H groups in total. The summed E-state index contributed by atoms with van der Waals surface area (Å²) < 4.78 is 0. The first-order valence-electron chi connectivity index (χ1n) is 5.07. The first-order chi connectivity index (χ1) is 7.45. The monoisotopic (exact) mass is 210 g/mol. The van der Waals surface area contributed by atoms with Crippen LogP contribution in [0.2, 0.25) is 0 Å². The van der Waals surface area contributed by atoms with E-state index in [1.165, 1.54) is 15.8 Å². The lowest BCUT2D eigenvalue weighted by Crippen LogP contribution is -1.64. The number of hydrogen-bond donors (Lipinski definition) is 0. The van der Waals surface area contributed by atoms with E-state index in [9.17, 15) is 0 Å². The molecule has 0 fully saturated rings. The van der Waals surface area contributed by atoms with Gasteiger partial charge in [-0.15, -0.1) is 0 Å². The number of hydrogen-bond acceptors (Lipinski definition) is 0. The molecule has 1 atom stereocenters. The standard InChI is InChI=1S/C14H11P/c1-2-7-13(8-3-1)15-11-10-12-6-4-5-9-14(12)15/h1-11H. The molecule has 15 heavy (non-hydrogen) atoms. The van der Waals surface area contributed by atoms with Crippen LogP contribution in [0.25, 0.3) is 15.8 Å². The van der Waals surface area contributed by atoms with Gasteiger partial charge in [0.1, 0.15) is 0 Å². The maximum atomic E-state index is 2.34. The average Bonchev–Trinajstić information content (AvgIpc) is 2.74. The number of fused-ring (bicyclic) bond motifs is 1. The van der Waals surface area contributed by atoms with Gasteiger partial charge >= 0.3 is 0 Å². The summed E-state index contributed by atoms with van der Waals surface area (Å²) in [6, 6.07) is 21.7. The molecule has 0 aliphatic heterocycles. The van der Waals surface area contributed by atoms with Gasteiger partial charge in [-0.1, -0.05) is 62.1 Å². The van der Waals surface area contributed by atoms with Gasteiger partial charge in [0.25, 0.3) is 0 Å². The molecular formula is C14H11P. The minimum Gasteiger partial charge on any atom is -0.0853 e. The molecule has 0 spiro atoms. The van der Waals surface area contributed by atoms with Crippen LogP contribution in [-0.4, -0.2) is 0 Å². The smallest absolute Gasteiger partial charge is 0.00563 e. The molecule has 0 bridgehead atoms. The molecule has 0 amide bonds. The highest BCUT2D eigenvalue weighted by Gasteiger charge is 2.02. The summed E-state index contributed by atoms with van der Waals surface area (Å²) in [5.74, 6) is 2.34. The Morgan fingerprint density at radius 2 is 1.40 bits per heavy atom. The van der Waals surface area contributed by atoms with E-state index in [0.29, 0.717) is 0 Å². The highest BCUT2D eigenvalue weighted by atomic mass is 31.1. The Balaban J connectivity index is 2.28. The van der Waals surface area contributed by atoms with Gasteiger partial charge < -0.3 is 0 Å². The Kier molecular flexibility index (Phi) is 2.08. The third-order valence-electron chi connectivity index (χ3n) is 2.63. The Labute approximate surface area is 90.2 Å². The van der Waals surface area contributed by atoms with Crippen molar-refractivity contribution in [2.75, 3.05) is 0 Å². The topological polar surface area (TPSA) is 0 Å². The predicted octanol–water partition coefficient (Wildman–Crippen LogP) is 4.82. The molecule has 1 aromatic heterocycles. The average molecular weight is 210 g/mol. The Morgan fingerprint density at radius 3 is 2.27 bits per heavy atom. The molecular weight excluding hydrogens is 199 g/mol. The van der Waals surface area contributed by atoms with Gasteiger partial charge in [0.15, 0.2) is 0 Å². The van der Waals surface area contributed by atoms with Crippen LogP contribution in [0.15, 0.2) is 66.5 Å². The van der Waals surface area contributed by atoms with Gasteiger partial charge in [-0.3, -0.25) is 0 Å². The summed E-state index contributed by atoms with van der Waals surface area (Å²) in [6.07, 6.45) is 0. The van der Waals surface area contributed by atoms with E-state index in [1.54, 1.807) is 0 Å². The van der Waals surface area contributed by atoms with E-state index < -0.39 is 0 Å². The molecule has 2 aromatic carbocycles. The van der Waals surface area contributed by atoms with Crippen LogP contribution in [0.4, 0.5) is 0 Å². The summed E-state index contributed by atoms with van der Waals surface area (Å²) in [6.45, 7) is 0. The number of rotatable bonds is 1. The first kappa shape index (κ1) is 8.76. The third kappa shape index (κ3) is 1.48. The van der Waals surface area contributed by atoms with Gasteiger partial charge in [0.2, 0.25) is 0 Å². The van der Waals surface area contributed by atoms with Crippen molar-refractivity contribution in [1.29, 1.82) is 0 Å². The highest BCUT2D eigenvalue weighted by Crippen LogP contribution is 2.46. The van der Waals surface area contributed by atoms with Crippen LogP contribution in [0, 0.1) is 0 Å². The molecule has 0 saturated heterocycles. The van der Waals surface area contributed by atoms with Crippen molar-refractivity contribution in [3.63, 3.8) is 0 Å². The zero-order chi connectivity index (χ0) is 10.1. The van der Waals surface area contributed by atoms with Crippen molar-refractivity contribution in [3.05, 3.63) is 66.5 Å². The predicted molar refractivity (Wildman–Crippen MR) is 68.0 cm³/mol.